The normalized spacial score (nSPS) is 26.5. The number of benzene rings is 1. The Balaban J connectivity index is 1.67. The maximum absolute atomic E-state index is 6.39. The van der Waals surface area contributed by atoms with Crippen LogP contribution in [0.2, 0.25) is 0 Å². The van der Waals surface area contributed by atoms with Crippen LogP contribution in [0.1, 0.15) is 61.6 Å². The summed E-state index contributed by atoms with van der Waals surface area (Å²) >= 11 is 0. The lowest BCUT2D eigenvalue weighted by molar-refractivity contribution is 0.442. The SMILES string of the molecule is NC(c1ccc(C2CCCCC2)cc1)C1CCNC1. The van der Waals surface area contributed by atoms with E-state index in [2.05, 4.69) is 29.6 Å². The molecule has 2 fully saturated rings. The second-order valence-corrected chi connectivity index (χ2v) is 6.28. The molecule has 2 aliphatic rings. The fourth-order valence-corrected chi connectivity index (χ4v) is 3.68. The molecule has 3 N–H and O–H groups in total. The standard InChI is InChI=1S/C17H26N2/c18-17(16-10-11-19-12-16)15-8-6-14(7-9-15)13-4-2-1-3-5-13/h6-9,13,16-17,19H,1-5,10-12,18H2. The van der Waals surface area contributed by atoms with Crippen molar-refractivity contribution < 1.29 is 0 Å². The Morgan fingerprint density at radius 3 is 2.37 bits per heavy atom. The van der Waals surface area contributed by atoms with Gasteiger partial charge >= 0.3 is 0 Å². The molecule has 2 unspecified atom stereocenters. The van der Waals surface area contributed by atoms with Crippen molar-refractivity contribution in [2.75, 3.05) is 13.1 Å². The summed E-state index contributed by atoms with van der Waals surface area (Å²) in [7, 11) is 0. The van der Waals surface area contributed by atoms with Gasteiger partial charge in [-0.3, -0.25) is 0 Å². The molecule has 0 radical (unpaired) electrons. The zero-order chi connectivity index (χ0) is 13.1. The Morgan fingerprint density at radius 2 is 1.74 bits per heavy atom. The van der Waals surface area contributed by atoms with E-state index in [0.29, 0.717) is 5.92 Å². The van der Waals surface area contributed by atoms with Gasteiger partial charge in [-0.25, -0.2) is 0 Å². The van der Waals surface area contributed by atoms with Crippen LogP contribution in [0, 0.1) is 5.92 Å². The van der Waals surface area contributed by atoms with E-state index >= 15 is 0 Å². The molecule has 1 heterocycles. The van der Waals surface area contributed by atoms with Crippen molar-refractivity contribution in [1.29, 1.82) is 0 Å². The first kappa shape index (κ1) is 13.1. The molecular weight excluding hydrogens is 232 g/mol. The molecule has 0 aromatic heterocycles. The van der Waals surface area contributed by atoms with Gasteiger partial charge in [0.1, 0.15) is 0 Å². The molecule has 3 rings (SSSR count). The molecule has 1 aromatic carbocycles. The maximum Gasteiger partial charge on any atom is 0.0336 e. The summed E-state index contributed by atoms with van der Waals surface area (Å²) in [4.78, 5) is 0. The molecule has 19 heavy (non-hydrogen) atoms. The molecule has 104 valence electrons. The lowest BCUT2D eigenvalue weighted by Crippen LogP contribution is -2.23. The van der Waals surface area contributed by atoms with E-state index in [9.17, 15) is 0 Å². The summed E-state index contributed by atoms with van der Waals surface area (Å²) in [5.41, 5.74) is 9.23. The highest BCUT2D eigenvalue weighted by atomic mass is 14.9. The number of hydrogen-bond acceptors (Lipinski definition) is 2. The van der Waals surface area contributed by atoms with Gasteiger partial charge in [0.15, 0.2) is 0 Å². The van der Waals surface area contributed by atoms with Crippen LogP contribution in [-0.2, 0) is 0 Å². The molecule has 0 bridgehead atoms. The summed E-state index contributed by atoms with van der Waals surface area (Å²) in [6, 6.07) is 9.40. The Morgan fingerprint density at radius 1 is 1.00 bits per heavy atom. The minimum Gasteiger partial charge on any atom is -0.324 e. The van der Waals surface area contributed by atoms with E-state index in [1.165, 1.54) is 49.7 Å². The van der Waals surface area contributed by atoms with Gasteiger partial charge in [0.2, 0.25) is 0 Å². The minimum absolute atomic E-state index is 0.204. The van der Waals surface area contributed by atoms with Crippen LogP contribution in [-0.4, -0.2) is 13.1 Å². The highest BCUT2D eigenvalue weighted by Gasteiger charge is 2.23. The lowest BCUT2D eigenvalue weighted by atomic mass is 9.83. The zero-order valence-corrected chi connectivity index (χ0v) is 11.8. The van der Waals surface area contributed by atoms with Crippen molar-refractivity contribution >= 4 is 0 Å². The van der Waals surface area contributed by atoms with Crippen LogP contribution >= 0.6 is 0 Å². The minimum atomic E-state index is 0.204. The first-order valence-corrected chi connectivity index (χ1v) is 7.91. The van der Waals surface area contributed by atoms with E-state index in [1.54, 1.807) is 0 Å². The third kappa shape index (κ3) is 3.01. The van der Waals surface area contributed by atoms with Crippen LogP contribution < -0.4 is 11.1 Å². The molecule has 1 aliphatic heterocycles. The van der Waals surface area contributed by atoms with E-state index in [0.717, 1.165) is 19.0 Å². The number of nitrogens with one attached hydrogen (secondary N) is 1. The Labute approximate surface area is 116 Å². The molecule has 1 saturated heterocycles. The second-order valence-electron chi connectivity index (χ2n) is 6.28. The summed E-state index contributed by atoms with van der Waals surface area (Å²) in [5.74, 6) is 1.41. The van der Waals surface area contributed by atoms with Gasteiger partial charge < -0.3 is 11.1 Å². The molecule has 1 saturated carbocycles. The predicted octanol–water partition coefficient (Wildman–Crippen LogP) is 3.34. The van der Waals surface area contributed by atoms with E-state index < -0.39 is 0 Å². The Kier molecular flexibility index (Phi) is 4.19. The largest absolute Gasteiger partial charge is 0.324 e. The number of rotatable bonds is 3. The molecular formula is C17H26N2. The summed E-state index contributed by atoms with van der Waals surface area (Å²) in [5, 5.41) is 3.41. The third-order valence-electron chi connectivity index (χ3n) is 5.00. The summed E-state index contributed by atoms with van der Waals surface area (Å²) in [6.07, 6.45) is 8.19. The van der Waals surface area contributed by atoms with Crippen LogP contribution in [0.15, 0.2) is 24.3 Å². The van der Waals surface area contributed by atoms with Gasteiger partial charge in [0, 0.05) is 6.04 Å². The van der Waals surface area contributed by atoms with Crippen LogP contribution in [0.25, 0.3) is 0 Å². The molecule has 0 amide bonds. The van der Waals surface area contributed by atoms with Crippen LogP contribution in [0.3, 0.4) is 0 Å². The fourth-order valence-electron chi connectivity index (χ4n) is 3.68. The maximum atomic E-state index is 6.39. The summed E-state index contributed by atoms with van der Waals surface area (Å²) in [6.45, 7) is 2.20. The molecule has 2 atom stereocenters. The first-order chi connectivity index (χ1) is 9.34. The monoisotopic (exact) mass is 258 g/mol. The van der Waals surface area contributed by atoms with Crippen molar-refractivity contribution in [3.8, 4) is 0 Å². The van der Waals surface area contributed by atoms with Crippen molar-refractivity contribution in [1.82, 2.24) is 5.32 Å². The smallest absolute Gasteiger partial charge is 0.0336 e. The fraction of sp³-hybridized carbons (Fsp3) is 0.647. The first-order valence-electron chi connectivity index (χ1n) is 7.91. The highest BCUT2D eigenvalue weighted by Crippen LogP contribution is 2.33. The van der Waals surface area contributed by atoms with Crippen molar-refractivity contribution in [3.05, 3.63) is 35.4 Å². The van der Waals surface area contributed by atoms with Gasteiger partial charge in [0.05, 0.1) is 0 Å². The quantitative estimate of drug-likeness (QED) is 0.872. The van der Waals surface area contributed by atoms with Crippen molar-refractivity contribution in [3.63, 3.8) is 0 Å². The Bertz CT molecular complexity index is 386. The third-order valence-corrected chi connectivity index (χ3v) is 5.00. The average molecular weight is 258 g/mol. The van der Waals surface area contributed by atoms with Crippen LogP contribution in [0.4, 0.5) is 0 Å². The predicted molar refractivity (Wildman–Crippen MR) is 80.2 cm³/mol. The molecule has 2 heteroatoms. The molecule has 0 spiro atoms. The van der Waals surface area contributed by atoms with Gasteiger partial charge in [0.25, 0.3) is 0 Å². The molecule has 2 nitrogen and oxygen atoms in total. The highest BCUT2D eigenvalue weighted by molar-refractivity contribution is 5.28. The number of nitrogens with two attached hydrogens (primary N) is 1. The van der Waals surface area contributed by atoms with E-state index in [4.69, 9.17) is 5.73 Å². The van der Waals surface area contributed by atoms with E-state index in [1.807, 2.05) is 0 Å². The topological polar surface area (TPSA) is 38.0 Å². The number of hydrogen-bond donors (Lipinski definition) is 2. The van der Waals surface area contributed by atoms with Gasteiger partial charge in [-0.2, -0.15) is 0 Å². The van der Waals surface area contributed by atoms with Crippen molar-refractivity contribution in [2.45, 2.75) is 50.5 Å². The Hall–Kier alpha value is -0.860. The lowest BCUT2D eigenvalue weighted by Gasteiger charge is -2.23. The van der Waals surface area contributed by atoms with Gasteiger partial charge in [-0.05, 0) is 55.3 Å². The molecule has 1 aliphatic carbocycles. The van der Waals surface area contributed by atoms with Gasteiger partial charge in [-0.1, -0.05) is 43.5 Å². The van der Waals surface area contributed by atoms with Crippen molar-refractivity contribution in [2.24, 2.45) is 11.7 Å². The molecule has 1 aromatic rings. The summed E-state index contributed by atoms with van der Waals surface area (Å²) < 4.78 is 0. The van der Waals surface area contributed by atoms with Crippen LogP contribution in [0.5, 0.6) is 0 Å². The zero-order valence-electron chi connectivity index (χ0n) is 11.8. The van der Waals surface area contributed by atoms with E-state index in [-0.39, 0.29) is 6.04 Å². The second kappa shape index (κ2) is 6.06. The average Bonchev–Trinajstić information content (AvgIpc) is 3.02. The van der Waals surface area contributed by atoms with Gasteiger partial charge in [-0.15, -0.1) is 0 Å².